The number of methoxy groups -OCH3 is 1. The molecule has 1 fully saturated rings. The third-order valence-corrected chi connectivity index (χ3v) is 4.32. The molecule has 7 heteroatoms. The van der Waals surface area contributed by atoms with E-state index in [0.717, 1.165) is 25.7 Å². The van der Waals surface area contributed by atoms with Crippen molar-refractivity contribution in [2.24, 2.45) is 5.92 Å². The molecule has 1 aromatic carbocycles. The number of allylic oxidation sites excluding steroid dienone is 1. The maximum Gasteiger partial charge on any atom is 0.338 e. The van der Waals surface area contributed by atoms with Gasteiger partial charge in [-0.05, 0) is 53.8 Å². The van der Waals surface area contributed by atoms with Crippen molar-refractivity contribution in [1.82, 2.24) is 20.2 Å². The number of tetrazole rings is 1. The van der Waals surface area contributed by atoms with E-state index in [1.54, 1.807) is 19.1 Å². The van der Waals surface area contributed by atoms with Crippen molar-refractivity contribution in [3.8, 4) is 5.69 Å². The highest BCUT2D eigenvalue weighted by Crippen LogP contribution is 2.30. The molecule has 1 saturated carbocycles. The first kappa shape index (κ1) is 16.3. The number of hydrogen-bond acceptors (Lipinski definition) is 5. The maximum absolute atomic E-state index is 14.5. The predicted molar refractivity (Wildman–Crippen MR) is 85.8 cm³/mol. The lowest BCUT2D eigenvalue weighted by molar-refractivity contribution is -0.133. The van der Waals surface area contributed by atoms with Gasteiger partial charge in [0.1, 0.15) is 11.5 Å². The maximum atomic E-state index is 14.5. The molecule has 3 rings (SSSR count). The minimum Gasteiger partial charge on any atom is -0.465 e. The molecule has 1 aliphatic rings. The topological polar surface area (TPSA) is 69.9 Å². The van der Waals surface area contributed by atoms with Gasteiger partial charge in [0.2, 0.25) is 0 Å². The fourth-order valence-corrected chi connectivity index (χ4v) is 3.05. The third kappa shape index (κ3) is 3.20. The second-order valence-corrected chi connectivity index (χ2v) is 5.92. The number of benzene rings is 1. The number of aryl methyl sites for hydroxylation is 1. The van der Waals surface area contributed by atoms with Crippen LogP contribution in [0, 0.1) is 18.7 Å². The Morgan fingerprint density at radius 3 is 2.71 bits per heavy atom. The van der Waals surface area contributed by atoms with Gasteiger partial charge in [0.15, 0.2) is 5.82 Å². The zero-order valence-corrected chi connectivity index (χ0v) is 13.7. The number of carbonyl (C=O) groups excluding carboxylic acids is 1. The van der Waals surface area contributed by atoms with Crippen molar-refractivity contribution in [1.29, 1.82) is 0 Å². The van der Waals surface area contributed by atoms with Gasteiger partial charge in [0.05, 0.1) is 12.7 Å². The van der Waals surface area contributed by atoms with E-state index in [1.807, 2.05) is 6.08 Å². The summed E-state index contributed by atoms with van der Waals surface area (Å²) in [7, 11) is 1.33. The van der Waals surface area contributed by atoms with E-state index < -0.39 is 11.8 Å². The van der Waals surface area contributed by atoms with Crippen molar-refractivity contribution in [3.63, 3.8) is 0 Å². The van der Waals surface area contributed by atoms with E-state index in [1.165, 1.54) is 17.9 Å². The average Bonchev–Trinajstić information content (AvgIpc) is 3.23. The number of ether oxygens (including phenoxy) is 1. The van der Waals surface area contributed by atoms with Gasteiger partial charge in [0.25, 0.3) is 0 Å². The van der Waals surface area contributed by atoms with Crippen LogP contribution in [-0.4, -0.2) is 33.3 Å². The van der Waals surface area contributed by atoms with Crippen LogP contribution in [0.4, 0.5) is 4.39 Å². The summed E-state index contributed by atoms with van der Waals surface area (Å²) in [5.74, 6) is -0.128. The summed E-state index contributed by atoms with van der Waals surface area (Å²) in [4.78, 5) is 12.1. The van der Waals surface area contributed by atoms with Gasteiger partial charge in [-0.1, -0.05) is 25.0 Å². The van der Waals surface area contributed by atoms with Crippen LogP contribution in [-0.2, 0) is 9.53 Å². The van der Waals surface area contributed by atoms with Gasteiger partial charge in [-0.2, -0.15) is 4.68 Å². The molecule has 126 valence electrons. The van der Waals surface area contributed by atoms with Crippen LogP contribution >= 0.6 is 0 Å². The Labute approximate surface area is 139 Å². The SMILES string of the molecule is COC(=O)/C(=C/C1CCCC1)c1ccc(-n2nnnc2C)c(F)c1. The van der Waals surface area contributed by atoms with Crippen molar-refractivity contribution in [2.75, 3.05) is 7.11 Å². The molecule has 0 N–H and O–H groups in total. The van der Waals surface area contributed by atoms with E-state index in [9.17, 15) is 9.18 Å². The molecule has 1 aromatic heterocycles. The molecule has 6 nitrogen and oxygen atoms in total. The smallest absolute Gasteiger partial charge is 0.338 e. The number of aromatic nitrogens is 4. The monoisotopic (exact) mass is 330 g/mol. The molecule has 1 aliphatic carbocycles. The summed E-state index contributed by atoms with van der Waals surface area (Å²) in [5, 5.41) is 11.0. The van der Waals surface area contributed by atoms with Crippen LogP contribution in [0.25, 0.3) is 11.3 Å². The highest BCUT2D eigenvalue weighted by molar-refractivity contribution is 6.16. The Morgan fingerprint density at radius 1 is 1.38 bits per heavy atom. The first-order valence-electron chi connectivity index (χ1n) is 7.95. The molecule has 0 aliphatic heterocycles. The van der Waals surface area contributed by atoms with Crippen LogP contribution < -0.4 is 0 Å². The molecular weight excluding hydrogens is 311 g/mol. The number of hydrogen-bond donors (Lipinski definition) is 0. The van der Waals surface area contributed by atoms with E-state index >= 15 is 0 Å². The van der Waals surface area contributed by atoms with Gasteiger partial charge in [-0.15, -0.1) is 5.10 Å². The van der Waals surface area contributed by atoms with Gasteiger partial charge in [-0.25, -0.2) is 9.18 Å². The Kier molecular flexibility index (Phi) is 4.69. The molecule has 24 heavy (non-hydrogen) atoms. The van der Waals surface area contributed by atoms with Crippen molar-refractivity contribution in [3.05, 3.63) is 41.5 Å². The molecule has 0 unspecified atom stereocenters. The molecule has 2 aromatic rings. The fourth-order valence-electron chi connectivity index (χ4n) is 3.05. The van der Waals surface area contributed by atoms with E-state index in [4.69, 9.17) is 4.74 Å². The standard InChI is InChI=1S/C17H19FN4O2/c1-11-19-20-21-22(11)16-8-7-13(10-15(16)18)14(17(23)24-2)9-12-5-3-4-6-12/h7-10,12H,3-6H2,1-2H3/b14-9+. The Hall–Kier alpha value is -2.57. The number of nitrogens with zero attached hydrogens (tertiary/aromatic N) is 4. The third-order valence-electron chi connectivity index (χ3n) is 4.32. The number of halogens is 1. The molecule has 0 radical (unpaired) electrons. The molecular formula is C17H19FN4O2. The average molecular weight is 330 g/mol. The fraction of sp³-hybridized carbons (Fsp3) is 0.412. The zero-order chi connectivity index (χ0) is 17.1. The van der Waals surface area contributed by atoms with Crippen molar-refractivity contribution < 1.29 is 13.9 Å². The summed E-state index contributed by atoms with van der Waals surface area (Å²) in [5.41, 5.74) is 1.15. The van der Waals surface area contributed by atoms with E-state index in [2.05, 4.69) is 15.5 Å². The summed E-state index contributed by atoms with van der Waals surface area (Å²) >= 11 is 0. The summed E-state index contributed by atoms with van der Waals surface area (Å²) in [6.07, 6.45) is 6.31. The molecule has 0 bridgehead atoms. The second-order valence-electron chi connectivity index (χ2n) is 5.92. The van der Waals surface area contributed by atoms with Crippen LogP contribution in [0.2, 0.25) is 0 Å². The lowest BCUT2D eigenvalue weighted by Gasteiger charge is -2.11. The summed E-state index contributed by atoms with van der Waals surface area (Å²) < 4.78 is 20.7. The molecule has 0 saturated heterocycles. The highest BCUT2D eigenvalue weighted by atomic mass is 19.1. The lowest BCUT2D eigenvalue weighted by atomic mass is 9.98. The van der Waals surface area contributed by atoms with Gasteiger partial charge >= 0.3 is 5.97 Å². The highest BCUT2D eigenvalue weighted by Gasteiger charge is 2.20. The first-order chi connectivity index (χ1) is 11.6. The first-order valence-corrected chi connectivity index (χ1v) is 7.95. The van der Waals surface area contributed by atoms with Gasteiger partial charge in [-0.3, -0.25) is 0 Å². The predicted octanol–water partition coefficient (Wildman–Crippen LogP) is 2.86. The van der Waals surface area contributed by atoms with Crippen LogP contribution in [0.15, 0.2) is 24.3 Å². The lowest BCUT2D eigenvalue weighted by Crippen LogP contribution is -2.08. The van der Waals surface area contributed by atoms with Crippen LogP contribution in [0.3, 0.4) is 0 Å². The van der Waals surface area contributed by atoms with E-state index in [0.29, 0.717) is 22.9 Å². The normalized spacial score (nSPS) is 15.7. The molecule has 0 amide bonds. The molecule has 0 spiro atoms. The van der Waals surface area contributed by atoms with Crippen LogP contribution in [0.1, 0.15) is 37.1 Å². The Morgan fingerprint density at radius 2 is 2.12 bits per heavy atom. The number of esters is 1. The number of carbonyl (C=O) groups is 1. The largest absolute Gasteiger partial charge is 0.465 e. The second kappa shape index (κ2) is 6.90. The summed E-state index contributed by atoms with van der Waals surface area (Å²) in [6, 6.07) is 4.59. The van der Waals surface area contributed by atoms with Gasteiger partial charge < -0.3 is 4.74 Å². The van der Waals surface area contributed by atoms with Gasteiger partial charge in [0, 0.05) is 0 Å². The summed E-state index contributed by atoms with van der Waals surface area (Å²) in [6.45, 7) is 1.69. The molecule has 0 atom stereocenters. The van der Waals surface area contributed by atoms with Crippen molar-refractivity contribution >= 4 is 11.5 Å². The Balaban J connectivity index is 1.98. The minimum atomic E-state index is -0.496. The zero-order valence-electron chi connectivity index (χ0n) is 13.7. The van der Waals surface area contributed by atoms with E-state index in [-0.39, 0.29) is 5.69 Å². The van der Waals surface area contributed by atoms with Crippen LogP contribution in [0.5, 0.6) is 0 Å². The van der Waals surface area contributed by atoms with Crippen molar-refractivity contribution in [2.45, 2.75) is 32.6 Å². The quantitative estimate of drug-likeness (QED) is 0.637. The minimum absolute atomic E-state index is 0.242. The molecule has 1 heterocycles. The number of rotatable bonds is 4. The Bertz CT molecular complexity index is 779.